The van der Waals surface area contributed by atoms with Gasteiger partial charge in [-0.1, -0.05) is 93.3 Å². The lowest BCUT2D eigenvalue weighted by Crippen LogP contribution is -1.87. The first kappa shape index (κ1) is 16.0. The maximum absolute atomic E-state index is 3.80. The molecule has 0 aromatic heterocycles. The molecule has 0 aliphatic rings. The highest BCUT2D eigenvalue weighted by atomic mass is 14.0. The Bertz CT molecular complexity index is 509. The van der Waals surface area contributed by atoms with Crippen molar-refractivity contribution in [3.05, 3.63) is 84.4 Å². The van der Waals surface area contributed by atoms with E-state index in [1.165, 1.54) is 36.0 Å². The first-order chi connectivity index (χ1) is 9.81. The van der Waals surface area contributed by atoms with E-state index in [0.29, 0.717) is 0 Å². The van der Waals surface area contributed by atoms with Crippen LogP contribution >= 0.6 is 0 Å². The van der Waals surface area contributed by atoms with Crippen molar-refractivity contribution >= 4 is 12.2 Å². The molecule has 0 radical (unpaired) electrons. The molecule has 0 N–H and O–H groups in total. The largest absolute Gasteiger partial charge is 0.0985 e. The number of hydrogen-bond acceptors (Lipinski definition) is 0. The summed E-state index contributed by atoms with van der Waals surface area (Å²) < 4.78 is 0. The van der Waals surface area contributed by atoms with Gasteiger partial charge in [-0.05, 0) is 29.5 Å². The number of hydrogen-bond donors (Lipinski definition) is 0. The molecule has 0 bridgehead atoms. The monoisotopic (exact) mass is 264 g/mol. The van der Waals surface area contributed by atoms with Crippen molar-refractivity contribution in [2.24, 2.45) is 0 Å². The molecule has 0 unspecified atom stereocenters. The van der Waals surface area contributed by atoms with E-state index < -0.39 is 0 Å². The van der Waals surface area contributed by atoms with Crippen LogP contribution in [0, 0.1) is 0 Å². The average Bonchev–Trinajstić information content (AvgIpc) is 2.54. The lowest BCUT2D eigenvalue weighted by atomic mass is 10.0. The summed E-state index contributed by atoms with van der Waals surface area (Å²) in [7, 11) is 0. The fourth-order valence-corrected chi connectivity index (χ4v) is 1.92. The van der Waals surface area contributed by atoms with Crippen molar-refractivity contribution in [3.8, 4) is 0 Å². The van der Waals surface area contributed by atoms with Crippen molar-refractivity contribution in [1.82, 2.24) is 0 Å². The van der Waals surface area contributed by atoms with Crippen LogP contribution in [0.1, 0.15) is 36.5 Å². The van der Waals surface area contributed by atoms with E-state index in [-0.39, 0.29) is 0 Å². The Labute approximate surface area is 123 Å². The molecule has 0 heterocycles. The van der Waals surface area contributed by atoms with Crippen molar-refractivity contribution in [2.75, 3.05) is 0 Å². The van der Waals surface area contributed by atoms with Crippen molar-refractivity contribution in [2.45, 2.75) is 26.2 Å². The minimum Gasteiger partial charge on any atom is -0.0985 e. The molecule has 0 saturated carbocycles. The molecule has 104 valence electrons. The third kappa shape index (κ3) is 5.71. The molecular formula is C20H24. The Morgan fingerprint density at radius 3 is 2.05 bits per heavy atom. The smallest absolute Gasteiger partial charge is 0.0230 e. The van der Waals surface area contributed by atoms with Crippen molar-refractivity contribution < 1.29 is 0 Å². The fraction of sp³-hybridized carbons (Fsp3) is 0.200. The highest BCUT2D eigenvalue weighted by Gasteiger charge is 1.95. The summed E-state index contributed by atoms with van der Waals surface area (Å²) in [6.07, 6.45) is 7.47. The Morgan fingerprint density at radius 1 is 0.850 bits per heavy atom. The zero-order valence-electron chi connectivity index (χ0n) is 12.4. The Kier molecular flexibility index (Phi) is 7.83. The van der Waals surface area contributed by atoms with E-state index in [2.05, 4.69) is 44.3 Å². The van der Waals surface area contributed by atoms with Crippen molar-refractivity contribution in [1.29, 1.82) is 0 Å². The van der Waals surface area contributed by atoms with Gasteiger partial charge in [-0.25, -0.2) is 0 Å². The van der Waals surface area contributed by atoms with E-state index in [4.69, 9.17) is 0 Å². The van der Waals surface area contributed by atoms with Crippen LogP contribution < -0.4 is 0 Å². The maximum Gasteiger partial charge on any atom is -0.0230 e. The van der Waals surface area contributed by atoms with E-state index in [1.807, 2.05) is 42.5 Å². The van der Waals surface area contributed by atoms with Crippen LogP contribution in [0.15, 0.2) is 67.8 Å². The highest BCUT2D eigenvalue weighted by Crippen LogP contribution is 2.12. The van der Waals surface area contributed by atoms with Gasteiger partial charge in [0.25, 0.3) is 0 Å². The predicted molar refractivity (Wildman–Crippen MR) is 91.7 cm³/mol. The van der Waals surface area contributed by atoms with Crippen LogP contribution in [-0.2, 0) is 6.42 Å². The molecule has 2 aromatic carbocycles. The summed E-state index contributed by atoms with van der Waals surface area (Å²) in [5.74, 6) is 0. The van der Waals surface area contributed by atoms with Crippen LogP contribution in [-0.4, -0.2) is 0 Å². The Hall–Kier alpha value is -2.08. The summed E-state index contributed by atoms with van der Waals surface area (Å²) in [6.45, 7) is 9.65. The molecule has 0 aliphatic carbocycles. The standard InChI is InChI=1S/C12H16.C8H8/c1-3-5-8-12-10-7-6-9-11(12)4-2;1-2-8-6-4-3-5-7-8/h4,6-7,9-10H,2-3,5,8H2,1H3;2-7H,1H2. The molecular weight excluding hydrogens is 240 g/mol. The van der Waals surface area contributed by atoms with Crippen LogP contribution in [0.4, 0.5) is 0 Å². The van der Waals surface area contributed by atoms with Gasteiger partial charge in [0.2, 0.25) is 0 Å². The van der Waals surface area contributed by atoms with E-state index in [9.17, 15) is 0 Å². The number of benzene rings is 2. The summed E-state index contributed by atoms with van der Waals surface area (Å²) in [5.41, 5.74) is 3.88. The molecule has 0 spiro atoms. The summed E-state index contributed by atoms with van der Waals surface area (Å²) in [4.78, 5) is 0. The van der Waals surface area contributed by atoms with Gasteiger partial charge in [0, 0.05) is 0 Å². The van der Waals surface area contributed by atoms with Crippen LogP contribution in [0.25, 0.3) is 12.2 Å². The summed E-state index contributed by atoms with van der Waals surface area (Å²) >= 11 is 0. The normalized spacial score (nSPS) is 9.25. The quantitative estimate of drug-likeness (QED) is 0.621. The second kappa shape index (κ2) is 9.80. The van der Waals surface area contributed by atoms with E-state index in [1.54, 1.807) is 0 Å². The van der Waals surface area contributed by atoms with Gasteiger partial charge in [-0.3, -0.25) is 0 Å². The van der Waals surface area contributed by atoms with Crippen molar-refractivity contribution in [3.63, 3.8) is 0 Å². The number of aryl methyl sites for hydroxylation is 1. The molecule has 0 nitrogen and oxygen atoms in total. The zero-order valence-corrected chi connectivity index (χ0v) is 12.4. The lowest BCUT2D eigenvalue weighted by molar-refractivity contribution is 0.794. The van der Waals surface area contributed by atoms with E-state index in [0.717, 1.165) is 0 Å². The average molecular weight is 264 g/mol. The number of rotatable bonds is 5. The second-order valence-corrected chi connectivity index (χ2v) is 4.62. The number of unbranched alkanes of at least 4 members (excludes halogenated alkanes) is 1. The third-order valence-corrected chi connectivity index (χ3v) is 3.11. The Morgan fingerprint density at radius 2 is 1.50 bits per heavy atom. The third-order valence-electron chi connectivity index (χ3n) is 3.11. The van der Waals surface area contributed by atoms with Gasteiger partial charge in [-0.2, -0.15) is 0 Å². The molecule has 0 aliphatic heterocycles. The highest BCUT2D eigenvalue weighted by molar-refractivity contribution is 5.51. The van der Waals surface area contributed by atoms with Gasteiger partial charge in [0.05, 0.1) is 0 Å². The molecule has 2 aromatic rings. The molecule has 0 heteroatoms. The maximum atomic E-state index is 3.80. The Balaban J connectivity index is 0.000000217. The summed E-state index contributed by atoms with van der Waals surface area (Å²) in [6, 6.07) is 18.5. The van der Waals surface area contributed by atoms with Gasteiger partial charge in [-0.15, -0.1) is 0 Å². The summed E-state index contributed by atoms with van der Waals surface area (Å²) in [5, 5.41) is 0. The molecule has 2 rings (SSSR count). The van der Waals surface area contributed by atoms with Gasteiger partial charge >= 0.3 is 0 Å². The van der Waals surface area contributed by atoms with Gasteiger partial charge < -0.3 is 0 Å². The van der Waals surface area contributed by atoms with Gasteiger partial charge in [0.15, 0.2) is 0 Å². The minimum absolute atomic E-state index is 1.17. The second-order valence-electron chi connectivity index (χ2n) is 4.62. The van der Waals surface area contributed by atoms with Crippen LogP contribution in [0.3, 0.4) is 0 Å². The minimum atomic E-state index is 1.17. The van der Waals surface area contributed by atoms with Crippen LogP contribution in [0.2, 0.25) is 0 Å². The predicted octanol–water partition coefficient (Wildman–Crippen LogP) is 6.00. The zero-order chi connectivity index (χ0) is 14.6. The fourth-order valence-electron chi connectivity index (χ4n) is 1.92. The molecule has 0 fully saturated rings. The van der Waals surface area contributed by atoms with Crippen LogP contribution in [0.5, 0.6) is 0 Å². The lowest BCUT2D eigenvalue weighted by Gasteiger charge is -2.03. The van der Waals surface area contributed by atoms with E-state index >= 15 is 0 Å². The topological polar surface area (TPSA) is 0 Å². The molecule has 0 saturated heterocycles. The first-order valence-electron chi connectivity index (χ1n) is 7.19. The molecule has 0 amide bonds. The first-order valence-corrected chi connectivity index (χ1v) is 7.19. The van der Waals surface area contributed by atoms with Gasteiger partial charge in [0.1, 0.15) is 0 Å². The SMILES string of the molecule is C=Cc1ccccc1.C=Cc1ccccc1CCCC. The molecule has 20 heavy (non-hydrogen) atoms. The molecule has 0 atom stereocenters.